The van der Waals surface area contributed by atoms with E-state index in [1.807, 2.05) is 0 Å². The third-order valence-corrected chi connectivity index (χ3v) is 4.54. The molecule has 3 N–H and O–H groups in total. The third-order valence-electron chi connectivity index (χ3n) is 3.85. The molecule has 0 unspecified atom stereocenters. The molecule has 122 valence electrons. The molecule has 0 atom stereocenters. The number of alkyl halides is 3. The lowest BCUT2D eigenvalue weighted by atomic mass is 9.79. The highest BCUT2D eigenvalue weighted by Gasteiger charge is 2.39. The minimum Gasteiger partial charge on any atom is -0.381 e. The number of hydrogen-bond acceptors (Lipinski definition) is 3. The molecule has 8 heteroatoms. The van der Waals surface area contributed by atoms with Crippen LogP contribution in [0.4, 0.5) is 18.9 Å². The molecule has 1 heterocycles. The van der Waals surface area contributed by atoms with Crippen molar-refractivity contribution in [3.05, 3.63) is 28.2 Å². The lowest BCUT2D eigenvalue weighted by molar-refractivity contribution is -0.138. The van der Waals surface area contributed by atoms with E-state index in [9.17, 15) is 18.0 Å². The van der Waals surface area contributed by atoms with E-state index in [-0.39, 0.29) is 22.6 Å². The molecule has 1 fully saturated rings. The predicted molar refractivity (Wildman–Crippen MR) is 79.3 cm³/mol. The van der Waals surface area contributed by atoms with Gasteiger partial charge >= 0.3 is 6.18 Å². The molecule has 2 rings (SSSR count). The summed E-state index contributed by atoms with van der Waals surface area (Å²) in [5.41, 5.74) is 4.19. The Bertz CT molecular complexity index is 558. The van der Waals surface area contributed by atoms with Crippen molar-refractivity contribution < 1.29 is 22.7 Å². The summed E-state index contributed by atoms with van der Waals surface area (Å²) in [4.78, 5) is 12.4. The van der Waals surface area contributed by atoms with E-state index in [1.54, 1.807) is 0 Å². The van der Waals surface area contributed by atoms with Crippen LogP contribution in [0, 0.1) is 5.41 Å². The molecule has 22 heavy (non-hydrogen) atoms. The van der Waals surface area contributed by atoms with Crippen molar-refractivity contribution in [1.82, 2.24) is 0 Å². The van der Waals surface area contributed by atoms with E-state index in [4.69, 9.17) is 10.5 Å². The van der Waals surface area contributed by atoms with E-state index in [0.717, 1.165) is 6.07 Å². The van der Waals surface area contributed by atoms with Crippen LogP contribution >= 0.6 is 15.9 Å². The topological polar surface area (TPSA) is 64.4 Å². The van der Waals surface area contributed by atoms with Crippen molar-refractivity contribution in [3.8, 4) is 0 Å². The molecule has 0 spiro atoms. The number of rotatable bonds is 3. The standard InChI is InChI=1S/C14H16BrF3N2O2/c15-11-2-1-9(7-10(11)14(16,17)18)20-12(21)13(8-19)3-5-22-6-4-13/h1-2,7H,3-6,8,19H2,(H,20,21). The fraction of sp³-hybridized carbons (Fsp3) is 0.500. The summed E-state index contributed by atoms with van der Waals surface area (Å²) in [6.07, 6.45) is -3.58. The van der Waals surface area contributed by atoms with Gasteiger partial charge in [-0.05, 0) is 31.0 Å². The molecule has 0 aromatic heterocycles. The molecule has 0 bridgehead atoms. The molecule has 1 aromatic rings. The average Bonchev–Trinajstić information content (AvgIpc) is 2.48. The Balaban J connectivity index is 2.21. The second-order valence-corrected chi connectivity index (χ2v) is 6.10. The Labute approximate surface area is 134 Å². The maximum absolute atomic E-state index is 12.9. The van der Waals surface area contributed by atoms with Gasteiger partial charge in [0.05, 0.1) is 11.0 Å². The first kappa shape index (κ1) is 17.2. The molecule has 1 aromatic carbocycles. The SMILES string of the molecule is NCC1(C(=O)Nc2ccc(Br)c(C(F)(F)F)c2)CCOCC1. The lowest BCUT2D eigenvalue weighted by Gasteiger charge is -2.34. The lowest BCUT2D eigenvalue weighted by Crippen LogP contribution is -2.46. The van der Waals surface area contributed by atoms with Crippen LogP contribution < -0.4 is 11.1 Å². The van der Waals surface area contributed by atoms with Crippen LogP contribution in [0.3, 0.4) is 0 Å². The highest BCUT2D eigenvalue weighted by molar-refractivity contribution is 9.10. The normalized spacial score (nSPS) is 18.0. The second kappa shape index (κ2) is 6.55. The number of anilines is 1. The maximum Gasteiger partial charge on any atom is 0.417 e. The highest BCUT2D eigenvalue weighted by atomic mass is 79.9. The largest absolute Gasteiger partial charge is 0.417 e. The Hall–Kier alpha value is -1.12. The van der Waals surface area contributed by atoms with Crippen LogP contribution in [0.5, 0.6) is 0 Å². The fourth-order valence-corrected chi connectivity index (χ4v) is 2.84. The number of nitrogens with one attached hydrogen (secondary N) is 1. The zero-order valence-corrected chi connectivity index (χ0v) is 13.3. The van der Waals surface area contributed by atoms with Gasteiger partial charge in [-0.3, -0.25) is 4.79 Å². The molecule has 0 saturated carbocycles. The Kier molecular flexibility index (Phi) is 5.14. The monoisotopic (exact) mass is 380 g/mol. The quantitative estimate of drug-likeness (QED) is 0.846. The van der Waals surface area contributed by atoms with E-state index in [0.29, 0.717) is 26.1 Å². The van der Waals surface area contributed by atoms with Crippen molar-refractivity contribution in [3.63, 3.8) is 0 Å². The summed E-state index contributed by atoms with van der Waals surface area (Å²) >= 11 is 2.86. The van der Waals surface area contributed by atoms with Crippen molar-refractivity contribution in [1.29, 1.82) is 0 Å². The van der Waals surface area contributed by atoms with Crippen molar-refractivity contribution in [2.75, 3.05) is 25.1 Å². The second-order valence-electron chi connectivity index (χ2n) is 5.24. The van der Waals surface area contributed by atoms with E-state index < -0.39 is 17.2 Å². The molecular formula is C14H16BrF3N2O2. The first-order valence-electron chi connectivity index (χ1n) is 6.74. The predicted octanol–water partition coefficient (Wildman–Crippen LogP) is 3.16. The van der Waals surface area contributed by atoms with Crippen LogP contribution in [-0.2, 0) is 15.7 Å². The van der Waals surface area contributed by atoms with Gasteiger partial charge in [0.25, 0.3) is 0 Å². The van der Waals surface area contributed by atoms with Crippen LogP contribution in [0.2, 0.25) is 0 Å². The number of nitrogens with two attached hydrogens (primary N) is 1. The number of carbonyl (C=O) groups excluding carboxylic acids is 1. The van der Waals surface area contributed by atoms with Gasteiger partial charge in [0.1, 0.15) is 0 Å². The molecule has 4 nitrogen and oxygen atoms in total. The van der Waals surface area contributed by atoms with Gasteiger partial charge in [-0.15, -0.1) is 0 Å². The van der Waals surface area contributed by atoms with Gasteiger partial charge in [0.2, 0.25) is 5.91 Å². The molecule has 0 radical (unpaired) electrons. The third kappa shape index (κ3) is 3.61. The Morgan fingerprint density at radius 1 is 1.36 bits per heavy atom. The number of carbonyl (C=O) groups is 1. The van der Waals surface area contributed by atoms with Gasteiger partial charge in [0.15, 0.2) is 0 Å². The molecule has 1 amide bonds. The summed E-state index contributed by atoms with van der Waals surface area (Å²) in [5, 5.41) is 2.55. The number of ether oxygens (including phenoxy) is 1. The van der Waals surface area contributed by atoms with Gasteiger partial charge in [0, 0.05) is 29.9 Å². The summed E-state index contributed by atoms with van der Waals surface area (Å²) < 4.78 is 43.8. The Morgan fingerprint density at radius 3 is 2.55 bits per heavy atom. The van der Waals surface area contributed by atoms with Gasteiger partial charge in [-0.1, -0.05) is 15.9 Å². The molecule has 0 aliphatic carbocycles. The Morgan fingerprint density at radius 2 is 2.00 bits per heavy atom. The zero-order valence-electron chi connectivity index (χ0n) is 11.7. The zero-order chi connectivity index (χ0) is 16.4. The molecular weight excluding hydrogens is 365 g/mol. The van der Waals surface area contributed by atoms with Crippen molar-refractivity contribution >= 4 is 27.5 Å². The van der Waals surface area contributed by atoms with Crippen molar-refractivity contribution in [2.24, 2.45) is 11.1 Å². The highest BCUT2D eigenvalue weighted by Crippen LogP contribution is 2.37. The summed E-state index contributed by atoms with van der Waals surface area (Å²) in [6.45, 7) is 0.961. The van der Waals surface area contributed by atoms with E-state index in [2.05, 4.69) is 21.2 Å². The van der Waals surface area contributed by atoms with E-state index in [1.165, 1.54) is 12.1 Å². The smallest absolute Gasteiger partial charge is 0.381 e. The van der Waals surface area contributed by atoms with Crippen LogP contribution in [-0.4, -0.2) is 25.7 Å². The molecule has 1 aliphatic rings. The molecule has 1 aliphatic heterocycles. The maximum atomic E-state index is 12.9. The van der Waals surface area contributed by atoms with Gasteiger partial charge < -0.3 is 15.8 Å². The van der Waals surface area contributed by atoms with Gasteiger partial charge in [-0.2, -0.15) is 13.2 Å². The minimum atomic E-state index is -4.50. The minimum absolute atomic E-state index is 0.0717. The van der Waals surface area contributed by atoms with Crippen LogP contribution in [0.25, 0.3) is 0 Å². The number of hydrogen-bond donors (Lipinski definition) is 2. The average molecular weight is 381 g/mol. The summed E-state index contributed by atoms with van der Waals surface area (Å²) in [7, 11) is 0. The van der Waals surface area contributed by atoms with E-state index >= 15 is 0 Å². The molecule has 1 saturated heterocycles. The number of halogens is 4. The summed E-state index contributed by atoms with van der Waals surface area (Å²) in [5.74, 6) is -0.367. The number of benzene rings is 1. The van der Waals surface area contributed by atoms with Crippen molar-refractivity contribution in [2.45, 2.75) is 19.0 Å². The van der Waals surface area contributed by atoms with Crippen LogP contribution in [0.1, 0.15) is 18.4 Å². The fourth-order valence-electron chi connectivity index (χ4n) is 2.37. The first-order chi connectivity index (χ1) is 10.3. The first-order valence-corrected chi connectivity index (χ1v) is 7.54. The van der Waals surface area contributed by atoms with Gasteiger partial charge in [-0.25, -0.2) is 0 Å². The number of amides is 1. The van der Waals surface area contributed by atoms with Crippen LogP contribution in [0.15, 0.2) is 22.7 Å². The summed E-state index contributed by atoms with van der Waals surface area (Å²) in [6, 6.07) is 3.59.